The van der Waals surface area contributed by atoms with Crippen LogP contribution in [-0.2, 0) is 0 Å². The lowest BCUT2D eigenvalue weighted by Crippen LogP contribution is -2.48. The third-order valence-electron chi connectivity index (χ3n) is 6.11. The first kappa shape index (κ1) is 21.5. The summed E-state index contributed by atoms with van der Waals surface area (Å²) in [5.41, 5.74) is 3.16. The van der Waals surface area contributed by atoms with Gasteiger partial charge in [-0.3, -0.25) is 0 Å². The van der Waals surface area contributed by atoms with E-state index in [1.165, 1.54) is 18.4 Å². The summed E-state index contributed by atoms with van der Waals surface area (Å²) in [6, 6.07) is 4.06. The van der Waals surface area contributed by atoms with E-state index in [1.807, 2.05) is 31.0 Å². The summed E-state index contributed by atoms with van der Waals surface area (Å²) in [5.74, 6) is 0. The molecular formula is C22H31Cl2N3O. The Kier molecular flexibility index (Phi) is 7.30. The monoisotopic (exact) mass is 423 g/mol. The number of rotatable bonds is 4. The van der Waals surface area contributed by atoms with Crippen LogP contribution in [0.3, 0.4) is 0 Å². The quantitative estimate of drug-likeness (QED) is 0.668. The highest BCUT2D eigenvalue weighted by Crippen LogP contribution is 2.38. The van der Waals surface area contributed by atoms with E-state index in [1.54, 1.807) is 0 Å². The molecule has 2 amide bonds. The number of halogens is 2. The Balaban J connectivity index is 1.68. The fraction of sp³-hybridized carbons (Fsp3) is 0.591. The number of nitrogens with zero attached hydrogens (tertiary/aromatic N) is 2. The van der Waals surface area contributed by atoms with E-state index >= 15 is 0 Å². The van der Waals surface area contributed by atoms with Crippen molar-refractivity contribution in [1.82, 2.24) is 15.1 Å². The van der Waals surface area contributed by atoms with Gasteiger partial charge >= 0.3 is 6.03 Å². The van der Waals surface area contributed by atoms with Crippen LogP contribution >= 0.6 is 23.2 Å². The van der Waals surface area contributed by atoms with Crippen molar-refractivity contribution in [2.45, 2.75) is 57.5 Å². The molecule has 1 aromatic rings. The van der Waals surface area contributed by atoms with Crippen molar-refractivity contribution in [1.29, 1.82) is 0 Å². The molecule has 1 aromatic carbocycles. The second-order valence-electron chi connectivity index (χ2n) is 8.12. The molecule has 0 radical (unpaired) electrons. The van der Waals surface area contributed by atoms with Crippen molar-refractivity contribution in [3.63, 3.8) is 0 Å². The number of carbonyl (C=O) groups is 1. The Bertz CT molecular complexity index is 742. The summed E-state index contributed by atoms with van der Waals surface area (Å²) in [5, 5.41) is 4.22. The van der Waals surface area contributed by atoms with Gasteiger partial charge in [-0.25, -0.2) is 4.79 Å². The topological polar surface area (TPSA) is 35.6 Å². The Morgan fingerprint density at radius 1 is 1.21 bits per heavy atom. The predicted octanol–water partition coefficient (Wildman–Crippen LogP) is 5.75. The van der Waals surface area contributed by atoms with Gasteiger partial charge in [0, 0.05) is 13.1 Å². The summed E-state index contributed by atoms with van der Waals surface area (Å²) < 4.78 is 0. The molecular weight excluding hydrogens is 393 g/mol. The highest BCUT2D eigenvalue weighted by molar-refractivity contribution is 6.43. The zero-order valence-corrected chi connectivity index (χ0v) is 18.6. The lowest BCUT2D eigenvalue weighted by atomic mass is 9.92. The van der Waals surface area contributed by atoms with E-state index in [4.69, 9.17) is 23.2 Å². The van der Waals surface area contributed by atoms with Crippen molar-refractivity contribution >= 4 is 34.8 Å². The SMILES string of the molecule is CC(NC(=O)N(C)C1CCN(C)CC1)c1ccc(C2=CCCCC2)c(Cl)c1Cl. The second kappa shape index (κ2) is 9.51. The molecule has 1 unspecified atom stereocenters. The van der Waals surface area contributed by atoms with Crippen LogP contribution < -0.4 is 5.32 Å². The van der Waals surface area contributed by atoms with E-state index in [2.05, 4.69) is 23.3 Å². The molecule has 1 fully saturated rings. The first-order valence-electron chi connectivity index (χ1n) is 10.3. The predicted molar refractivity (Wildman–Crippen MR) is 118 cm³/mol. The molecule has 3 rings (SSSR count). The third-order valence-corrected chi connectivity index (χ3v) is 7.01. The number of hydrogen-bond donors (Lipinski definition) is 1. The van der Waals surface area contributed by atoms with Crippen LogP contribution in [0.5, 0.6) is 0 Å². The lowest BCUT2D eigenvalue weighted by Gasteiger charge is -2.35. The minimum Gasteiger partial charge on any atom is -0.331 e. The summed E-state index contributed by atoms with van der Waals surface area (Å²) in [6.07, 6.45) is 8.85. The smallest absolute Gasteiger partial charge is 0.317 e. The average Bonchev–Trinajstić information content (AvgIpc) is 2.70. The van der Waals surface area contributed by atoms with Gasteiger partial charge in [-0.05, 0) is 82.3 Å². The van der Waals surface area contributed by atoms with Crippen molar-refractivity contribution < 1.29 is 4.79 Å². The van der Waals surface area contributed by atoms with Crippen LogP contribution in [-0.4, -0.2) is 49.1 Å². The van der Waals surface area contributed by atoms with Crippen LogP contribution in [0.4, 0.5) is 4.79 Å². The molecule has 0 aromatic heterocycles. The molecule has 154 valence electrons. The fourth-order valence-electron chi connectivity index (χ4n) is 4.14. The number of piperidine rings is 1. The van der Waals surface area contributed by atoms with Gasteiger partial charge in [0.2, 0.25) is 0 Å². The zero-order valence-electron chi connectivity index (χ0n) is 17.1. The molecule has 1 aliphatic heterocycles. The number of nitrogens with one attached hydrogen (secondary N) is 1. The van der Waals surface area contributed by atoms with E-state index in [0.29, 0.717) is 10.0 Å². The fourth-order valence-corrected chi connectivity index (χ4v) is 4.76. The molecule has 1 saturated heterocycles. The number of likely N-dealkylation sites (tertiary alicyclic amines) is 1. The molecule has 0 bridgehead atoms. The van der Waals surface area contributed by atoms with Gasteiger partial charge in [-0.1, -0.05) is 41.4 Å². The Morgan fingerprint density at radius 3 is 2.57 bits per heavy atom. The molecule has 1 N–H and O–H groups in total. The average molecular weight is 424 g/mol. The molecule has 28 heavy (non-hydrogen) atoms. The second-order valence-corrected chi connectivity index (χ2v) is 8.88. The summed E-state index contributed by atoms with van der Waals surface area (Å²) in [4.78, 5) is 16.9. The summed E-state index contributed by atoms with van der Waals surface area (Å²) in [6.45, 7) is 4.00. The molecule has 4 nitrogen and oxygen atoms in total. The molecule has 2 aliphatic rings. The Morgan fingerprint density at radius 2 is 1.93 bits per heavy atom. The minimum atomic E-state index is -0.208. The highest BCUT2D eigenvalue weighted by Gasteiger charge is 2.26. The first-order chi connectivity index (χ1) is 13.4. The van der Waals surface area contributed by atoms with Gasteiger partial charge in [0.1, 0.15) is 0 Å². The van der Waals surface area contributed by atoms with Gasteiger partial charge in [-0.2, -0.15) is 0 Å². The van der Waals surface area contributed by atoms with Gasteiger partial charge in [-0.15, -0.1) is 0 Å². The first-order valence-corrected chi connectivity index (χ1v) is 11.0. The van der Waals surface area contributed by atoms with Crippen LogP contribution in [0.1, 0.15) is 62.6 Å². The number of benzene rings is 1. The van der Waals surface area contributed by atoms with Gasteiger partial charge < -0.3 is 15.1 Å². The van der Waals surface area contributed by atoms with Gasteiger partial charge in [0.25, 0.3) is 0 Å². The molecule has 1 aliphatic carbocycles. The van der Waals surface area contributed by atoms with Gasteiger partial charge in [0.05, 0.1) is 16.1 Å². The third kappa shape index (κ3) is 4.84. The van der Waals surface area contributed by atoms with Crippen molar-refractivity contribution in [2.24, 2.45) is 0 Å². The standard InChI is InChI=1S/C22H31Cl2N3O/c1-15(25-22(28)27(3)17-11-13-26(2)14-12-17)18-9-10-19(21(24)20(18)23)16-7-5-4-6-8-16/h7,9-10,15,17H,4-6,8,11-14H2,1-3H3,(H,25,28). The van der Waals surface area contributed by atoms with Crippen LogP contribution in [0.15, 0.2) is 18.2 Å². The number of urea groups is 1. The normalized spacial score (nSPS) is 19.8. The maximum atomic E-state index is 12.7. The molecule has 1 heterocycles. The summed E-state index contributed by atoms with van der Waals surface area (Å²) >= 11 is 13.2. The maximum absolute atomic E-state index is 12.7. The van der Waals surface area contributed by atoms with E-state index in [9.17, 15) is 4.79 Å². The molecule has 1 atom stereocenters. The minimum absolute atomic E-state index is 0.0618. The number of allylic oxidation sites excluding steroid dienone is 2. The van der Waals surface area contributed by atoms with Gasteiger partial charge in [0.15, 0.2) is 0 Å². The number of carbonyl (C=O) groups excluding carboxylic acids is 1. The van der Waals surface area contributed by atoms with Crippen molar-refractivity contribution in [3.05, 3.63) is 39.4 Å². The van der Waals surface area contributed by atoms with Crippen LogP contribution in [0.25, 0.3) is 5.57 Å². The van der Waals surface area contributed by atoms with E-state index in [-0.39, 0.29) is 18.1 Å². The van der Waals surface area contributed by atoms with E-state index < -0.39 is 0 Å². The zero-order chi connectivity index (χ0) is 20.3. The number of amides is 2. The summed E-state index contributed by atoms with van der Waals surface area (Å²) in [7, 11) is 4.00. The Labute approximate surface area is 178 Å². The van der Waals surface area contributed by atoms with Crippen LogP contribution in [0, 0.1) is 0 Å². The largest absolute Gasteiger partial charge is 0.331 e. The molecule has 6 heteroatoms. The van der Waals surface area contributed by atoms with Crippen molar-refractivity contribution in [2.75, 3.05) is 27.2 Å². The maximum Gasteiger partial charge on any atom is 0.317 e. The lowest BCUT2D eigenvalue weighted by molar-refractivity contribution is 0.146. The number of hydrogen-bond acceptors (Lipinski definition) is 2. The molecule has 0 saturated carbocycles. The van der Waals surface area contributed by atoms with Crippen molar-refractivity contribution in [3.8, 4) is 0 Å². The highest BCUT2D eigenvalue weighted by atomic mass is 35.5. The van der Waals surface area contributed by atoms with E-state index in [0.717, 1.165) is 49.9 Å². The van der Waals surface area contributed by atoms with Crippen LogP contribution in [0.2, 0.25) is 10.0 Å². The Hall–Kier alpha value is -1.23. The molecule has 0 spiro atoms.